The van der Waals surface area contributed by atoms with Gasteiger partial charge in [-0.25, -0.2) is 9.78 Å². The van der Waals surface area contributed by atoms with E-state index in [0.29, 0.717) is 27.3 Å². The van der Waals surface area contributed by atoms with Gasteiger partial charge in [-0.1, -0.05) is 29.0 Å². The van der Waals surface area contributed by atoms with Gasteiger partial charge in [-0.15, -0.1) is 0 Å². The van der Waals surface area contributed by atoms with Gasteiger partial charge in [0.15, 0.2) is 5.13 Å². The molecule has 6 nitrogen and oxygen atoms in total. The Kier molecular flexibility index (Phi) is 6.34. The fourth-order valence-corrected chi connectivity index (χ4v) is 4.16. The number of benzene rings is 1. The Morgan fingerprint density at radius 1 is 1.37 bits per heavy atom. The number of aromatic nitrogens is 1. The first-order chi connectivity index (χ1) is 13.0. The Labute approximate surface area is 167 Å². The topological polar surface area (TPSA) is 71.5 Å². The van der Waals surface area contributed by atoms with Crippen LogP contribution in [0.3, 0.4) is 0 Å². The van der Waals surface area contributed by atoms with Gasteiger partial charge in [-0.05, 0) is 44.9 Å². The molecule has 1 aliphatic rings. The maximum absolute atomic E-state index is 12.6. The molecule has 0 atom stereocenters. The van der Waals surface area contributed by atoms with Crippen LogP contribution < -0.4 is 10.2 Å². The van der Waals surface area contributed by atoms with E-state index in [4.69, 9.17) is 16.3 Å². The number of halogens is 1. The minimum absolute atomic E-state index is 0.0510. The highest BCUT2D eigenvalue weighted by Crippen LogP contribution is 2.28. The molecule has 0 saturated carbocycles. The molecule has 27 heavy (non-hydrogen) atoms. The summed E-state index contributed by atoms with van der Waals surface area (Å²) in [6.45, 7) is 5.39. The molecule has 144 valence electrons. The molecule has 2 heterocycles. The van der Waals surface area contributed by atoms with Crippen molar-refractivity contribution in [2.75, 3.05) is 29.9 Å². The zero-order valence-corrected chi connectivity index (χ0v) is 16.9. The molecule has 0 radical (unpaired) electrons. The van der Waals surface area contributed by atoms with Crippen LogP contribution in [-0.2, 0) is 9.53 Å². The van der Waals surface area contributed by atoms with Crippen LogP contribution in [0.4, 0.5) is 10.8 Å². The Morgan fingerprint density at radius 2 is 2.11 bits per heavy atom. The predicted octanol–water partition coefficient (Wildman–Crippen LogP) is 4.14. The van der Waals surface area contributed by atoms with Crippen molar-refractivity contribution in [3.05, 3.63) is 39.9 Å². The molecule has 1 amide bonds. The molecule has 3 rings (SSSR count). The largest absolute Gasteiger partial charge is 0.462 e. The summed E-state index contributed by atoms with van der Waals surface area (Å²) in [6.07, 6.45) is 1.51. The lowest BCUT2D eigenvalue weighted by Gasteiger charge is -2.32. The van der Waals surface area contributed by atoms with Gasteiger partial charge in [0, 0.05) is 29.7 Å². The van der Waals surface area contributed by atoms with Crippen LogP contribution in [0.1, 0.15) is 35.1 Å². The number of ether oxygens (including phenoxy) is 1. The van der Waals surface area contributed by atoms with Gasteiger partial charge in [0.05, 0.1) is 12.3 Å². The number of nitrogens with one attached hydrogen (secondary N) is 1. The van der Waals surface area contributed by atoms with Crippen molar-refractivity contribution in [2.24, 2.45) is 5.92 Å². The SMILES string of the molecule is CCOC(=O)c1sc(NC(=O)C2CCN(c3cccc(Cl)c3)CC2)nc1C. The van der Waals surface area contributed by atoms with Crippen LogP contribution in [0.2, 0.25) is 5.02 Å². The van der Waals surface area contributed by atoms with Gasteiger partial charge in [0.1, 0.15) is 4.88 Å². The molecule has 1 aromatic carbocycles. The lowest BCUT2D eigenvalue weighted by molar-refractivity contribution is -0.120. The molecule has 1 N–H and O–H groups in total. The number of carbonyl (C=O) groups excluding carboxylic acids is 2. The number of anilines is 2. The summed E-state index contributed by atoms with van der Waals surface area (Å²) >= 11 is 7.22. The fourth-order valence-electron chi connectivity index (χ4n) is 3.12. The van der Waals surface area contributed by atoms with Crippen molar-refractivity contribution < 1.29 is 14.3 Å². The number of carbonyl (C=O) groups is 2. The van der Waals surface area contributed by atoms with Crippen molar-refractivity contribution in [1.29, 1.82) is 0 Å². The number of thiazole rings is 1. The Balaban J connectivity index is 1.57. The van der Waals surface area contributed by atoms with E-state index in [1.807, 2.05) is 24.3 Å². The van der Waals surface area contributed by atoms with Crippen LogP contribution in [0.25, 0.3) is 0 Å². The van der Waals surface area contributed by atoms with E-state index in [1.165, 1.54) is 0 Å². The second-order valence-corrected chi connectivity index (χ2v) is 7.82. The molecule has 1 aliphatic heterocycles. The molecule has 1 fully saturated rings. The molecule has 0 spiro atoms. The number of piperidine rings is 1. The second-order valence-electron chi connectivity index (χ2n) is 6.38. The van der Waals surface area contributed by atoms with Crippen LogP contribution >= 0.6 is 22.9 Å². The normalized spacial score (nSPS) is 14.9. The van der Waals surface area contributed by atoms with E-state index >= 15 is 0 Å². The molecular formula is C19H22ClN3O3S. The van der Waals surface area contributed by atoms with E-state index in [-0.39, 0.29) is 11.8 Å². The maximum Gasteiger partial charge on any atom is 0.350 e. The Bertz CT molecular complexity index is 831. The molecule has 2 aromatic rings. The number of esters is 1. The second kappa shape index (κ2) is 8.71. The number of rotatable bonds is 5. The third kappa shape index (κ3) is 4.78. The summed E-state index contributed by atoms with van der Waals surface area (Å²) in [5.41, 5.74) is 1.65. The highest BCUT2D eigenvalue weighted by molar-refractivity contribution is 7.17. The van der Waals surface area contributed by atoms with E-state index < -0.39 is 5.97 Å². The summed E-state index contributed by atoms with van der Waals surface area (Å²) in [4.78, 5) is 31.4. The molecule has 1 saturated heterocycles. The van der Waals surface area contributed by atoms with Crippen LogP contribution in [-0.4, -0.2) is 36.6 Å². The van der Waals surface area contributed by atoms with E-state index in [1.54, 1.807) is 13.8 Å². The van der Waals surface area contributed by atoms with Crippen LogP contribution in [0.15, 0.2) is 24.3 Å². The average molecular weight is 408 g/mol. The van der Waals surface area contributed by atoms with Crippen molar-refractivity contribution in [2.45, 2.75) is 26.7 Å². The molecule has 0 bridgehead atoms. The quantitative estimate of drug-likeness (QED) is 0.754. The molecule has 0 unspecified atom stereocenters. The third-order valence-corrected chi connectivity index (χ3v) is 5.81. The minimum atomic E-state index is -0.400. The van der Waals surface area contributed by atoms with Gasteiger partial charge >= 0.3 is 5.97 Å². The highest BCUT2D eigenvalue weighted by Gasteiger charge is 2.26. The lowest BCUT2D eigenvalue weighted by atomic mass is 9.95. The molecule has 8 heteroatoms. The van der Waals surface area contributed by atoms with E-state index in [2.05, 4.69) is 15.2 Å². The monoisotopic (exact) mass is 407 g/mol. The minimum Gasteiger partial charge on any atom is -0.462 e. The third-order valence-electron chi connectivity index (χ3n) is 4.53. The van der Waals surface area contributed by atoms with Crippen LogP contribution in [0.5, 0.6) is 0 Å². The van der Waals surface area contributed by atoms with E-state index in [0.717, 1.165) is 43.0 Å². The Hall–Kier alpha value is -2.12. The zero-order valence-electron chi connectivity index (χ0n) is 15.3. The summed E-state index contributed by atoms with van der Waals surface area (Å²) in [5, 5.41) is 4.01. The van der Waals surface area contributed by atoms with E-state index in [9.17, 15) is 9.59 Å². The number of nitrogens with zero attached hydrogens (tertiary/aromatic N) is 2. The number of hydrogen-bond donors (Lipinski definition) is 1. The standard InChI is InChI=1S/C19H22ClN3O3S/c1-3-26-18(25)16-12(2)21-19(27-16)22-17(24)13-7-9-23(10-8-13)15-6-4-5-14(20)11-15/h4-6,11,13H,3,7-10H2,1-2H3,(H,21,22,24). The zero-order chi connectivity index (χ0) is 19.4. The first kappa shape index (κ1) is 19.6. The van der Waals surface area contributed by atoms with Crippen LogP contribution in [0, 0.1) is 12.8 Å². The number of aryl methyl sites for hydroxylation is 1. The predicted molar refractivity (Wildman–Crippen MR) is 108 cm³/mol. The molecular weight excluding hydrogens is 386 g/mol. The number of hydrogen-bond acceptors (Lipinski definition) is 6. The fraction of sp³-hybridized carbons (Fsp3) is 0.421. The van der Waals surface area contributed by atoms with Crippen molar-refractivity contribution in [1.82, 2.24) is 4.98 Å². The summed E-state index contributed by atoms with van der Waals surface area (Å²) in [7, 11) is 0. The van der Waals surface area contributed by atoms with Crippen molar-refractivity contribution in [3.8, 4) is 0 Å². The summed E-state index contributed by atoms with van der Waals surface area (Å²) in [6, 6.07) is 7.76. The maximum atomic E-state index is 12.6. The molecule has 1 aromatic heterocycles. The summed E-state index contributed by atoms with van der Waals surface area (Å²) in [5.74, 6) is -0.525. The van der Waals surface area contributed by atoms with Crippen molar-refractivity contribution in [3.63, 3.8) is 0 Å². The van der Waals surface area contributed by atoms with Gasteiger partial charge in [-0.3, -0.25) is 4.79 Å². The Morgan fingerprint density at radius 3 is 2.78 bits per heavy atom. The smallest absolute Gasteiger partial charge is 0.350 e. The first-order valence-electron chi connectivity index (χ1n) is 8.94. The van der Waals surface area contributed by atoms with Gasteiger partial charge < -0.3 is 15.0 Å². The molecule has 0 aliphatic carbocycles. The van der Waals surface area contributed by atoms with Gasteiger partial charge in [0.25, 0.3) is 0 Å². The first-order valence-corrected chi connectivity index (χ1v) is 10.1. The highest BCUT2D eigenvalue weighted by atomic mass is 35.5. The summed E-state index contributed by atoms with van der Waals surface area (Å²) < 4.78 is 5.01. The average Bonchev–Trinajstić information content (AvgIpc) is 3.02. The van der Waals surface area contributed by atoms with Crippen molar-refractivity contribution >= 4 is 45.6 Å². The van der Waals surface area contributed by atoms with Gasteiger partial charge in [-0.2, -0.15) is 0 Å². The van der Waals surface area contributed by atoms with Gasteiger partial charge in [0.2, 0.25) is 5.91 Å². The lowest BCUT2D eigenvalue weighted by Crippen LogP contribution is -2.38. The number of amides is 1.